The Kier molecular flexibility index (Phi) is 6.88. The Morgan fingerprint density at radius 1 is 0.968 bits per heavy atom. The summed E-state index contributed by atoms with van der Waals surface area (Å²) in [6, 6.07) is 20.0. The number of nitrogens with one attached hydrogen (secondary N) is 2. The van der Waals surface area contributed by atoms with Crippen molar-refractivity contribution in [2.24, 2.45) is 5.10 Å². The van der Waals surface area contributed by atoms with Gasteiger partial charge in [0, 0.05) is 5.69 Å². The van der Waals surface area contributed by atoms with Crippen molar-refractivity contribution in [3.63, 3.8) is 0 Å². The highest BCUT2D eigenvalue weighted by molar-refractivity contribution is 7.89. The Balaban J connectivity index is 1.66. The number of hydrazone groups is 1. The van der Waals surface area contributed by atoms with Crippen LogP contribution in [0.25, 0.3) is 0 Å². The largest absolute Gasteiger partial charge is 0.493 e. The van der Waals surface area contributed by atoms with Gasteiger partial charge in [0.15, 0.2) is 11.5 Å². The summed E-state index contributed by atoms with van der Waals surface area (Å²) in [6.45, 7) is 1.87. The Morgan fingerprint density at radius 3 is 2.35 bits per heavy atom. The van der Waals surface area contributed by atoms with Gasteiger partial charge in [-0.25, -0.2) is 9.63 Å². The lowest BCUT2D eigenvalue weighted by atomic mass is 10.2. The second-order valence-electron chi connectivity index (χ2n) is 6.46. The molecule has 3 aromatic rings. The number of carbonyl (C=O) groups is 1. The van der Waals surface area contributed by atoms with Gasteiger partial charge in [-0.3, -0.25) is 5.32 Å². The smallest absolute Gasteiger partial charge is 0.417 e. The predicted molar refractivity (Wildman–Crippen MR) is 118 cm³/mol. The fourth-order valence-electron chi connectivity index (χ4n) is 2.55. The number of nitrogens with zero attached hydrogens (tertiary/aromatic N) is 1. The fourth-order valence-corrected chi connectivity index (χ4v) is 3.35. The van der Waals surface area contributed by atoms with E-state index in [0.29, 0.717) is 11.3 Å². The van der Waals surface area contributed by atoms with Gasteiger partial charge < -0.3 is 9.47 Å². The number of ether oxygens (including phenoxy) is 2. The molecule has 0 saturated heterocycles. The van der Waals surface area contributed by atoms with Crippen LogP contribution in [0.4, 0.5) is 10.5 Å². The van der Waals surface area contributed by atoms with E-state index in [4.69, 9.17) is 9.47 Å². The maximum atomic E-state index is 12.3. The molecule has 0 aromatic heterocycles. The molecule has 3 aromatic carbocycles. The molecule has 160 valence electrons. The second-order valence-corrected chi connectivity index (χ2v) is 8.12. The minimum absolute atomic E-state index is 0.112. The minimum atomic E-state index is -3.77. The van der Waals surface area contributed by atoms with Crippen LogP contribution in [0.1, 0.15) is 11.1 Å². The highest BCUT2D eigenvalue weighted by Crippen LogP contribution is 2.28. The fraction of sp³-hybridized carbons (Fsp3) is 0.0909. The molecule has 3 rings (SSSR count). The molecule has 0 aliphatic heterocycles. The molecule has 31 heavy (non-hydrogen) atoms. The summed E-state index contributed by atoms with van der Waals surface area (Å²) in [5.41, 5.74) is 2.09. The second kappa shape index (κ2) is 9.77. The van der Waals surface area contributed by atoms with E-state index in [1.165, 1.54) is 31.5 Å². The number of methoxy groups -OCH3 is 1. The third kappa shape index (κ3) is 6.06. The van der Waals surface area contributed by atoms with Crippen LogP contribution in [0.2, 0.25) is 0 Å². The number of sulfonamides is 1. The van der Waals surface area contributed by atoms with Gasteiger partial charge >= 0.3 is 6.09 Å². The zero-order valence-electron chi connectivity index (χ0n) is 16.9. The van der Waals surface area contributed by atoms with Crippen molar-refractivity contribution in [3.05, 3.63) is 83.9 Å². The quantitative estimate of drug-likeness (QED) is 0.429. The van der Waals surface area contributed by atoms with Crippen molar-refractivity contribution in [1.82, 2.24) is 4.83 Å². The molecule has 0 atom stereocenters. The predicted octanol–water partition coefficient (Wildman–Crippen LogP) is 3.93. The van der Waals surface area contributed by atoms with Crippen molar-refractivity contribution in [2.75, 3.05) is 12.4 Å². The summed E-state index contributed by atoms with van der Waals surface area (Å²) in [7, 11) is -2.34. The highest BCUT2D eigenvalue weighted by atomic mass is 32.2. The molecule has 8 nitrogen and oxygen atoms in total. The van der Waals surface area contributed by atoms with Crippen LogP contribution in [-0.2, 0) is 10.0 Å². The normalized spacial score (nSPS) is 11.2. The number of anilines is 1. The number of hydrogen-bond acceptors (Lipinski definition) is 6. The summed E-state index contributed by atoms with van der Waals surface area (Å²) in [6.07, 6.45) is 0.652. The molecule has 0 saturated carbocycles. The van der Waals surface area contributed by atoms with Gasteiger partial charge in [0.05, 0.1) is 18.2 Å². The molecule has 0 radical (unpaired) electrons. The lowest BCUT2D eigenvalue weighted by Crippen LogP contribution is -2.18. The summed E-state index contributed by atoms with van der Waals surface area (Å²) in [5, 5.41) is 6.40. The van der Waals surface area contributed by atoms with Crippen molar-refractivity contribution < 1.29 is 22.7 Å². The Morgan fingerprint density at radius 2 is 1.68 bits per heavy atom. The first-order valence-corrected chi connectivity index (χ1v) is 10.7. The Bertz CT molecular complexity index is 1180. The van der Waals surface area contributed by atoms with E-state index in [0.717, 1.165) is 5.56 Å². The van der Waals surface area contributed by atoms with E-state index in [1.807, 2.05) is 13.0 Å². The molecular weight excluding hydrogens is 418 g/mol. The number of rotatable bonds is 7. The monoisotopic (exact) mass is 439 g/mol. The number of benzene rings is 3. The van der Waals surface area contributed by atoms with E-state index in [2.05, 4.69) is 15.2 Å². The molecule has 0 aliphatic carbocycles. The van der Waals surface area contributed by atoms with Gasteiger partial charge in [0.2, 0.25) is 0 Å². The van der Waals surface area contributed by atoms with Crippen LogP contribution in [0, 0.1) is 6.92 Å². The first kappa shape index (κ1) is 21.8. The maximum absolute atomic E-state index is 12.3. The van der Waals surface area contributed by atoms with E-state index in [1.54, 1.807) is 48.5 Å². The number of para-hydroxylation sites is 1. The van der Waals surface area contributed by atoms with Gasteiger partial charge in [-0.2, -0.15) is 13.5 Å². The molecule has 9 heteroatoms. The molecule has 1 amide bonds. The van der Waals surface area contributed by atoms with E-state index in [-0.39, 0.29) is 16.4 Å². The average molecular weight is 439 g/mol. The summed E-state index contributed by atoms with van der Waals surface area (Å²) >= 11 is 0. The molecule has 0 aliphatic rings. The van der Waals surface area contributed by atoms with Crippen LogP contribution in [-0.4, -0.2) is 27.8 Å². The van der Waals surface area contributed by atoms with Crippen molar-refractivity contribution in [2.45, 2.75) is 11.8 Å². The third-order valence-corrected chi connectivity index (χ3v) is 5.37. The van der Waals surface area contributed by atoms with Crippen molar-refractivity contribution >= 4 is 28.0 Å². The first-order valence-electron chi connectivity index (χ1n) is 9.21. The highest BCUT2D eigenvalue weighted by Gasteiger charge is 2.13. The van der Waals surface area contributed by atoms with Gasteiger partial charge in [0.25, 0.3) is 10.0 Å². The van der Waals surface area contributed by atoms with Gasteiger partial charge in [0.1, 0.15) is 0 Å². The number of aryl methyl sites for hydroxylation is 1. The molecule has 0 heterocycles. The molecule has 0 spiro atoms. The Hall–Kier alpha value is -3.85. The zero-order chi connectivity index (χ0) is 22.3. The van der Waals surface area contributed by atoms with Gasteiger partial charge in [-0.15, -0.1) is 0 Å². The van der Waals surface area contributed by atoms with E-state index in [9.17, 15) is 13.2 Å². The van der Waals surface area contributed by atoms with Crippen LogP contribution in [0.3, 0.4) is 0 Å². The Labute approximate surface area is 180 Å². The topological polar surface area (TPSA) is 106 Å². The lowest BCUT2D eigenvalue weighted by molar-refractivity contribution is 0.213. The molecule has 2 N–H and O–H groups in total. The molecule has 0 bridgehead atoms. The average Bonchev–Trinajstić information content (AvgIpc) is 2.75. The van der Waals surface area contributed by atoms with Crippen LogP contribution in [0.15, 0.2) is 82.8 Å². The maximum Gasteiger partial charge on any atom is 0.417 e. The summed E-state index contributed by atoms with van der Waals surface area (Å²) in [5.74, 6) is 0.488. The summed E-state index contributed by atoms with van der Waals surface area (Å²) < 4.78 is 35.1. The minimum Gasteiger partial charge on any atom is -0.493 e. The summed E-state index contributed by atoms with van der Waals surface area (Å²) in [4.78, 5) is 14.4. The SMILES string of the molecule is COc1cc(C=NNS(=O)(=O)c2ccc(C)cc2)ccc1OC(=O)Nc1ccccc1. The van der Waals surface area contributed by atoms with Crippen molar-refractivity contribution in [1.29, 1.82) is 0 Å². The molecule has 0 fully saturated rings. The third-order valence-electron chi connectivity index (χ3n) is 4.13. The van der Waals surface area contributed by atoms with E-state index < -0.39 is 16.1 Å². The van der Waals surface area contributed by atoms with Crippen LogP contribution < -0.4 is 19.6 Å². The number of carbonyl (C=O) groups excluding carboxylic acids is 1. The molecular formula is C22H21N3O5S. The van der Waals surface area contributed by atoms with E-state index >= 15 is 0 Å². The van der Waals surface area contributed by atoms with Gasteiger partial charge in [-0.1, -0.05) is 35.9 Å². The molecule has 0 unspecified atom stereocenters. The standard InChI is InChI=1S/C22H21N3O5S/c1-16-8-11-19(12-9-16)31(27,28)25-23-15-17-10-13-20(21(14-17)29-2)30-22(26)24-18-6-4-3-5-7-18/h3-15,25H,1-2H3,(H,24,26). The number of amides is 1. The lowest BCUT2D eigenvalue weighted by Gasteiger charge is -2.10. The number of hydrogen-bond donors (Lipinski definition) is 2. The van der Waals surface area contributed by atoms with Crippen LogP contribution in [0.5, 0.6) is 11.5 Å². The van der Waals surface area contributed by atoms with Crippen LogP contribution >= 0.6 is 0 Å². The van der Waals surface area contributed by atoms with Crippen molar-refractivity contribution in [3.8, 4) is 11.5 Å². The van der Waals surface area contributed by atoms with Gasteiger partial charge in [-0.05, 0) is 55.0 Å². The zero-order valence-corrected chi connectivity index (χ0v) is 17.7. The first-order chi connectivity index (χ1) is 14.9.